The first-order valence-electron chi connectivity index (χ1n) is 7.12. The normalized spacial score (nSPS) is 14.2. The van der Waals surface area contributed by atoms with E-state index in [1.165, 1.54) is 11.3 Å². The van der Waals surface area contributed by atoms with Gasteiger partial charge in [-0.25, -0.2) is 9.78 Å². The van der Waals surface area contributed by atoms with Crippen LogP contribution in [0.25, 0.3) is 0 Å². The molecule has 5 nitrogen and oxygen atoms in total. The summed E-state index contributed by atoms with van der Waals surface area (Å²) in [6, 6.07) is 4.34. The average Bonchev–Trinajstić information content (AvgIpc) is 3.02. The van der Waals surface area contributed by atoms with Gasteiger partial charge in [0.25, 0.3) is 0 Å². The fourth-order valence-corrected chi connectivity index (χ4v) is 3.17. The Bertz CT molecular complexity index is 617. The quantitative estimate of drug-likeness (QED) is 0.766. The average molecular weight is 306 g/mol. The Morgan fingerprint density at radius 2 is 2.38 bits per heavy atom. The van der Waals surface area contributed by atoms with E-state index in [-0.39, 0.29) is 5.97 Å². The molecule has 0 atom stereocenters. The van der Waals surface area contributed by atoms with Gasteiger partial charge in [-0.3, -0.25) is 0 Å². The first-order chi connectivity index (χ1) is 10.2. The standard InChI is InChI=1S/C15H18N2O3S/c1-3-19-14(18)13-10(2)21-15(16-13)17(11-6-7-11)9-12-5-4-8-20-12/h4-5,8,11H,3,6-7,9H2,1-2H3. The Labute approximate surface area is 127 Å². The number of rotatable bonds is 6. The van der Waals surface area contributed by atoms with E-state index in [9.17, 15) is 4.79 Å². The lowest BCUT2D eigenvalue weighted by Gasteiger charge is -2.19. The third kappa shape index (κ3) is 3.10. The Kier molecular flexibility index (Phi) is 3.96. The van der Waals surface area contributed by atoms with Gasteiger partial charge in [-0.2, -0.15) is 0 Å². The molecule has 112 valence electrons. The van der Waals surface area contributed by atoms with Gasteiger partial charge in [0.05, 0.1) is 19.4 Å². The van der Waals surface area contributed by atoms with Crippen molar-refractivity contribution in [1.82, 2.24) is 4.98 Å². The third-order valence-corrected chi connectivity index (χ3v) is 4.40. The van der Waals surface area contributed by atoms with Crippen LogP contribution >= 0.6 is 11.3 Å². The van der Waals surface area contributed by atoms with Crippen LogP contribution in [-0.2, 0) is 11.3 Å². The van der Waals surface area contributed by atoms with Crippen LogP contribution in [0.4, 0.5) is 5.13 Å². The molecule has 0 spiro atoms. The van der Waals surface area contributed by atoms with Gasteiger partial charge in [-0.15, -0.1) is 11.3 Å². The van der Waals surface area contributed by atoms with E-state index in [0.717, 1.165) is 28.6 Å². The van der Waals surface area contributed by atoms with E-state index in [0.29, 0.717) is 24.9 Å². The van der Waals surface area contributed by atoms with E-state index in [4.69, 9.17) is 9.15 Å². The van der Waals surface area contributed by atoms with Crippen LogP contribution in [0.2, 0.25) is 0 Å². The van der Waals surface area contributed by atoms with Crippen LogP contribution in [0.1, 0.15) is 40.9 Å². The van der Waals surface area contributed by atoms with Gasteiger partial charge < -0.3 is 14.1 Å². The number of furan rings is 1. The second-order valence-corrected chi connectivity index (χ2v) is 6.24. The van der Waals surface area contributed by atoms with Crippen molar-refractivity contribution < 1.29 is 13.9 Å². The molecule has 3 rings (SSSR count). The molecule has 0 N–H and O–H groups in total. The molecular formula is C15H18N2O3S. The molecule has 0 radical (unpaired) electrons. The maximum atomic E-state index is 11.9. The largest absolute Gasteiger partial charge is 0.467 e. The molecule has 0 unspecified atom stereocenters. The number of hydrogen-bond donors (Lipinski definition) is 0. The van der Waals surface area contributed by atoms with Crippen molar-refractivity contribution in [2.75, 3.05) is 11.5 Å². The second kappa shape index (κ2) is 5.89. The smallest absolute Gasteiger partial charge is 0.358 e. The number of thiazole rings is 1. The van der Waals surface area contributed by atoms with Crippen molar-refractivity contribution in [3.8, 4) is 0 Å². The zero-order chi connectivity index (χ0) is 14.8. The number of hydrogen-bond acceptors (Lipinski definition) is 6. The number of anilines is 1. The first kappa shape index (κ1) is 14.1. The van der Waals surface area contributed by atoms with Crippen LogP contribution in [0.5, 0.6) is 0 Å². The molecule has 0 aliphatic heterocycles. The molecule has 1 fully saturated rings. The Morgan fingerprint density at radius 1 is 1.57 bits per heavy atom. The van der Waals surface area contributed by atoms with Gasteiger partial charge in [0.1, 0.15) is 5.76 Å². The molecule has 21 heavy (non-hydrogen) atoms. The lowest BCUT2D eigenvalue weighted by Crippen LogP contribution is -2.24. The molecule has 1 aliphatic rings. The van der Waals surface area contributed by atoms with Crippen molar-refractivity contribution in [3.63, 3.8) is 0 Å². The molecule has 0 saturated heterocycles. The Hall–Kier alpha value is -1.82. The maximum Gasteiger partial charge on any atom is 0.358 e. The van der Waals surface area contributed by atoms with Gasteiger partial charge in [0.15, 0.2) is 10.8 Å². The molecular weight excluding hydrogens is 288 g/mol. The molecule has 1 aliphatic carbocycles. The molecule has 2 aromatic rings. The SMILES string of the molecule is CCOC(=O)c1nc(N(Cc2ccco2)C2CC2)sc1C. The van der Waals surface area contributed by atoms with Crippen LogP contribution in [-0.4, -0.2) is 23.6 Å². The maximum absolute atomic E-state index is 11.9. The number of esters is 1. The molecule has 0 amide bonds. The summed E-state index contributed by atoms with van der Waals surface area (Å²) in [5.41, 5.74) is 0.432. The van der Waals surface area contributed by atoms with Crippen molar-refractivity contribution in [1.29, 1.82) is 0 Å². The van der Waals surface area contributed by atoms with Gasteiger partial charge in [0, 0.05) is 10.9 Å². The van der Waals surface area contributed by atoms with Gasteiger partial charge in [0.2, 0.25) is 0 Å². The highest BCUT2D eigenvalue weighted by atomic mass is 32.1. The van der Waals surface area contributed by atoms with Crippen LogP contribution in [0.15, 0.2) is 22.8 Å². The first-order valence-corrected chi connectivity index (χ1v) is 7.94. The van der Waals surface area contributed by atoms with Crippen molar-refractivity contribution in [2.24, 2.45) is 0 Å². The predicted octanol–water partition coefficient (Wildman–Crippen LogP) is 3.39. The van der Waals surface area contributed by atoms with Crippen LogP contribution in [0, 0.1) is 6.92 Å². The van der Waals surface area contributed by atoms with E-state index >= 15 is 0 Å². The highest BCUT2D eigenvalue weighted by molar-refractivity contribution is 7.15. The summed E-state index contributed by atoms with van der Waals surface area (Å²) in [6.07, 6.45) is 4.00. The number of carbonyl (C=O) groups excluding carboxylic acids is 1. The molecule has 2 aromatic heterocycles. The summed E-state index contributed by atoms with van der Waals surface area (Å²) in [6.45, 7) is 4.76. The van der Waals surface area contributed by atoms with Gasteiger partial charge >= 0.3 is 5.97 Å². The zero-order valence-corrected chi connectivity index (χ0v) is 13.0. The predicted molar refractivity (Wildman–Crippen MR) is 80.7 cm³/mol. The topological polar surface area (TPSA) is 55.6 Å². The van der Waals surface area contributed by atoms with E-state index in [1.54, 1.807) is 13.2 Å². The number of carbonyl (C=O) groups is 1. The Morgan fingerprint density at radius 3 is 3.00 bits per heavy atom. The fourth-order valence-electron chi connectivity index (χ4n) is 2.20. The minimum absolute atomic E-state index is 0.341. The van der Waals surface area contributed by atoms with E-state index in [2.05, 4.69) is 9.88 Å². The molecule has 2 heterocycles. The summed E-state index contributed by atoms with van der Waals surface area (Å²) in [5.74, 6) is 0.568. The number of aryl methyl sites for hydroxylation is 1. The van der Waals surface area contributed by atoms with Crippen molar-refractivity contribution in [3.05, 3.63) is 34.7 Å². The van der Waals surface area contributed by atoms with Crippen LogP contribution < -0.4 is 4.90 Å². The summed E-state index contributed by atoms with van der Waals surface area (Å²) in [7, 11) is 0. The summed E-state index contributed by atoms with van der Waals surface area (Å²) < 4.78 is 10.5. The zero-order valence-electron chi connectivity index (χ0n) is 12.2. The highest BCUT2D eigenvalue weighted by Crippen LogP contribution is 2.36. The van der Waals surface area contributed by atoms with Crippen molar-refractivity contribution in [2.45, 2.75) is 39.3 Å². The van der Waals surface area contributed by atoms with Crippen molar-refractivity contribution >= 4 is 22.4 Å². The lowest BCUT2D eigenvalue weighted by atomic mass is 10.4. The van der Waals surface area contributed by atoms with E-state index < -0.39 is 0 Å². The molecule has 6 heteroatoms. The minimum atomic E-state index is -0.341. The van der Waals surface area contributed by atoms with Gasteiger partial charge in [-0.1, -0.05) is 0 Å². The summed E-state index contributed by atoms with van der Waals surface area (Å²) in [5, 5.41) is 0.870. The van der Waals surface area contributed by atoms with Gasteiger partial charge in [-0.05, 0) is 38.8 Å². The lowest BCUT2D eigenvalue weighted by molar-refractivity contribution is 0.0519. The third-order valence-electron chi connectivity index (χ3n) is 3.39. The highest BCUT2D eigenvalue weighted by Gasteiger charge is 2.32. The van der Waals surface area contributed by atoms with E-state index in [1.807, 2.05) is 19.1 Å². The molecule has 0 bridgehead atoms. The minimum Gasteiger partial charge on any atom is -0.467 e. The second-order valence-electron chi connectivity index (χ2n) is 5.06. The summed E-state index contributed by atoms with van der Waals surface area (Å²) >= 11 is 1.54. The molecule has 0 aromatic carbocycles. The van der Waals surface area contributed by atoms with Crippen LogP contribution in [0.3, 0.4) is 0 Å². The number of aromatic nitrogens is 1. The summed E-state index contributed by atoms with van der Waals surface area (Å²) in [4.78, 5) is 19.5. The molecule has 1 saturated carbocycles. The fraction of sp³-hybridized carbons (Fsp3) is 0.467. The monoisotopic (exact) mass is 306 g/mol. The number of nitrogens with zero attached hydrogens (tertiary/aromatic N) is 2. The number of ether oxygens (including phenoxy) is 1. The Balaban J connectivity index is 1.83.